The van der Waals surface area contributed by atoms with Gasteiger partial charge in [-0.25, -0.2) is 4.68 Å². The molecule has 1 aliphatic rings. The van der Waals surface area contributed by atoms with Gasteiger partial charge in [0.15, 0.2) is 17.3 Å². The molecular weight excluding hydrogens is 460 g/mol. The van der Waals surface area contributed by atoms with Crippen molar-refractivity contribution in [3.63, 3.8) is 0 Å². The fourth-order valence-electron chi connectivity index (χ4n) is 3.69. The zero-order valence-electron chi connectivity index (χ0n) is 20.1. The summed E-state index contributed by atoms with van der Waals surface area (Å²) < 4.78 is 23.4. The standard InChI is InChI=1S/C27H26N4O5/c1-3-33-14-15-34-27-29-25(19-6-4-18(2)5-7-19)31(30-27)22-11-9-21(10-12-22)28-26(32)20-8-13-23-24(16-20)36-17-35-23/h4-13,16H,3,14-15,17H2,1-2H3,(H,28,32). The summed E-state index contributed by atoms with van der Waals surface area (Å²) in [6.07, 6.45) is 0. The molecule has 0 saturated heterocycles. The molecule has 3 aromatic carbocycles. The number of aromatic nitrogens is 3. The highest BCUT2D eigenvalue weighted by Gasteiger charge is 2.17. The van der Waals surface area contributed by atoms with Gasteiger partial charge in [-0.1, -0.05) is 29.8 Å². The quantitative estimate of drug-likeness (QED) is 0.344. The van der Waals surface area contributed by atoms with E-state index in [2.05, 4.69) is 15.4 Å². The van der Waals surface area contributed by atoms with Gasteiger partial charge in [-0.3, -0.25) is 4.79 Å². The van der Waals surface area contributed by atoms with Gasteiger partial charge in [0.05, 0.1) is 12.3 Å². The molecule has 0 atom stereocenters. The topological polar surface area (TPSA) is 96.7 Å². The molecule has 184 valence electrons. The number of ether oxygens (including phenoxy) is 4. The first-order valence-corrected chi connectivity index (χ1v) is 11.7. The Morgan fingerprint density at radius 3 is 2.56 bits per heavy atom. The summed E-state index contributed by atoms with van der Waals surface area (Å²) in [6.45, 7) is 5.57. The van der Waals surface area contributed by atoms with Crippen LogP contribution in [0.2, 0.25) is 0 Å². The average molecular weight is 487 g/mol. The minimum absolute atomic E-state index is 0.161. The van der Waals surface area contributed by atoms with E-state index in [4.69, 9.17) is 18.9 Å². The normalized spacial score (nSPS) is 11.9. The molecule has 0 saturated carbocycles. The molecule has 5 rings (SSSR count). The summed E-state index contributed by atoms with van der Waals surface area (Å²) >= 11 is 0. The molecule has 1 N–H and O–H groups in total. The number of rotatable bonds is 9. The maximum absolute atomic E-state index is 12.7. The number of nitrogens with zero attached hydrogens (tertiary/aromatic N) is 3. The molecule has 0 bridgehead atoms. The Labute approximate surface area is 208 Å². The molecule has 0 spiro atoms. The number of benzene rings is 3. The van der Waals surface area contributed by atoms with Crippen LogP contribution in [0, 0.1) is 6.92 Å². The van der Waals surface area contributed by atoms with Crippen LogP contribution in [-0.2, 0) is 4.74 Å². The lowest BCUT2D eigenvalue weighted by Crippen LogP contribution is -2.12. The zero-order chi connectivity index (χ0) is 24.9. The van der Waals surface area contributed by atoms with Crippen molar-refractivity contribution in [1.82, 2.24) is 14.8 Å². The first kappa shape index (κ1) is 23.4. The summed E-state index contributed by atoms with van der Waals surface area (Å²) in [4.78, 5) is 17.3. The van der Waals surface area contributed by atoms with Crippen LogP contribution in [0.4, 0.5) is 5.69 Å². The molecule has 1 amide bonds. The number of amides is 1. The molecule has 1 aliphatic heterocycles. The van der Waals surface area contributed by atoms with Gasteiger partial charge in [0.25, 0.3) is 5.91 Å². The molecule has 4 aromatic rings. The van der Waals surface area contributed by atoms with E-state index in [1.165, 1.54) is 0 Å². The maximum Gasteiger partial charge on any atom is 0.336 e. The van der Waals surface area contributed by atoms with Crippen molar-refractivity contribution in [2.45, 2.75) is 13.8 Å². The number of hydrogen-bond acceptors (Lipinski definition) is 7. The number of anilines is 1. The number of fused-ring (bicyclic) bond motifs is 1. The Morgan fingerprint density at radius 1 is 1.00 bits per heavy atom. The van der Waals surface area contributed by atoms with Crippen molar-refractivity contribution in [2.24, 2.45) is 0 Å². The second-order valence-corrected chi connectivity index (χ2v) is 8.11. The van der Waals surface area contributed by atoms with Crippen molar-refractivity contribution >= 4 is 11.6 Å². The molecule has 1 aromatic heterocycles. The van der Waals surface area contributed by atoms with Crippen LogP contribution in [-0.4, -0.2) is 47.3 Å². The second kappa shape index (κ2) is 10.5. The number of aryl methyl sites for hydroxylation is 1. The molecule has 0 unspecified atom stereocenters. The fourth-order valence-corrected chi connectivity index (χ4v) is 3.69. The number of carbonyl (C=O) groups is 1. The van der Waals surface area contributed by atoms with Crippen LogP contribution in [0.25, 0.3) is 17.1 Å². The van der Waals surface area contributed by atoms with E-state index in [9.17, 15) is 4.79 Å². The van der Waals surface area contributed by atoms with Gasteiger partial charge < -0.3 is 24.3 Å². The third-order valence-electron chi connectivity index (χ3n) is 5.56. The Balaban J connectivity index is 1.36. The molecule has 0 aliphatic carbocycles. The van der Waals surface area contributed by atoms with Gasteiger partial charge in [0.1, 0.15) is 6.61 Å². The third kappa shape index (κ3) is 5.16. The Hall–Kier alpha value is -4.37. The minimum atomic E-state index is -0.243. The van der Waals surface area contributed by atoms with Crippen LogP contribution in [0.5, 0.6) is 17.5 Å². The molecule has 0 fully saturated rings. The number of nitrogens with one attached hydrogen (secondary N) is 1. The Kier molecular flexibility index (Phi) is 6.81. The highest BCUT2D eigenvalue weighted by atomic mass is 16.7. The van der Waals surface area contributed by atoms with E-state index in [1.807, 2.05) is 62.4 Å². The monoisotopic (exact) mass is 486 g/mol. The molecule has 2 heterocycles. The first-order valence-electron chi connectivity index (χ1n) is 11.7. The van der Waals surface area contributed by atoms with Crippen LogP contribution in [0.3, 0.4) is 0 Å². The molecule has 0 radical (unpaired) electrons. The predicted octanol–water partition coefficient (Wildman–Crippen LogP) is 4.64. The van der Waals surface area contributed by atoms with Crippen LogP contribution in [0.1, 0.15) is 22.8 Å². The Bertz CT molecular complexity index is 1350. The van der Waals surface area contributed by atoms with Gasteiger partial charge in [-0.2, -0.15) is 4.98 Å². The van der Waals surface area contributed by atoms with Crippen LogP contribution < -0.4 is 19.5 Å². The predicted molar refractivity (Wildman–Crippen MR) is 134 cm³/mol. The van der Waals surface area contributed by atoms with E-state index in [1.54, 1.807) is 22.9 Å². The van der Waals surface area contributed by atoms with Crippen molar-refractivity contribution in [2.75, 3.05) is 31.9 Å². The van der Waals surface area contributed by atoms with Gasteiger partial charge >= 0.3 is 6.01 Å². The summed E-state index contributed by atoms with van der Waals surface area (Å²) in [5.41, 5.74) is 3.97. The molecule has 36 heavy (non-hydrogen) atoms. The maximum atomic E-state index is 12.7. The zero-order valence-corrected chi connectivity index (χ0v) is 20.1. The highest BCUT2D eigenvalue weighted by Crippen LogP contribution is 2.32. The summed E-state index contributed by atoms with van der Waals surface area (Å²) in [5, 5.41) is 7.47. The molecular formula is C27H26N4O5. The second-order valence-electron chi connectivity index (χ2n) is 8.11. The summed E-state index contributed by atoms with van der Waals surface area (Å²) in [6, 6.07) is 20.8. The fraction of sp³-hybridized carbons (Fsp3) is 0.222. The van der Waals surface area contributed by atoms with Crippen molar-refractivity contribution in [3.8, 4) is 34.6 Å². The third-order valence-corrected chi connectivity index (χ3v) is 5.56. The number of carbonyl (C=O) groups excluding carboxylic acids is 1. The summed E-state index contributed by atoms with van der Waals surface area (Å²) in [7, 11) is 0. The van der Waals surface area contributed by atoms with Gasteiger partial charge in [-0.15, -0.1) is 5.10 Å². The van der Waals surface area contributed by atoms with Gasteiger partial charge in [0.2, 0.25) is 6.79 Å². The van der Waals surface area contributed by atoms with Crippen molar-refractivity contribution < 1.29 is 23.7 Å². The average Bonchev–Trinajstić information content (AvgIpc) is 3.54. The van der Waals surface area contributed by atoms with Crippen LogP contribution >= 0.6 is 0 Å². The largest absolute Gasteiger partial charge is 0.460 e. The van der Waals surface area contributed by atoms with Gasteiger partial charge in [0, 0.05) is 23.4 Å². The molecule has 9 nitrogen and oxygen atoms in total. The summed E-state index contributed by atoms with van der Waals surface area (Å²) in [5.74, 6) is 1.60. The van der Waals surface area contributed by atoms with E-state index in [-0.39, 0.29) is 18.7 Å². The first-order chi connectivity index (χ1) is 17.6. The van der Waals surface area contributed by atoms with E-state index >= 15 is 0 Å². The smallest absolute Gasteiger partial charge is 0.336 e. The lowest BCUT2D eigenvalue weighted by Gasteiger charge is -2.09. The SMILES string of the molecule is CCOCCOc1nc(-c2ccc(C)cc2)n(-c2ccc(NC(=O)c3ccc4c(c3)OCO4)cc2)n1. The van der Waals surface area contributed by atoms with Gasteiger partial charge in [-0.05, 0) is 56.3 Å². The lowest BCUT2D eigenvalue weighted by atomic mass is 10.1. The van der Waals surface area contributed by atoms with Crippen molar-refractivity contribution in [1.29, 1.82) is 0 Å². The number of hydrogen-bond donors (Lipinski definition) is 1. The van der Waals surface area contributed by atoms with E-state index in [0.717, 1.165) is 16.8 Å². The van der Waals surface area contributed by atoms with Crippen LogP contribution in [0.15, 0.2) is 66.7 Å². The lowest BCUT2D eigenvalue weighted by molar-refractivity contribution is 0.102. The minimum Gasteiger partial charge on any atom is -0.460 e. The van der Waals surface area contributed by atoms with E-state index < -0.39 is 0 Å². The van der Waals surface area contributed by atoms with E-state index in [0.29, 0.717) is 48.4 Å². The Morgan fingerprint density at radius 2 is 1.78 bits per heavy atom. The molecule has 9 heteroatoms. The highest BCUT2D eigenvalue weighted by molar-refractivity contribution is 6.04. The van der Waals surface area contributed by atoms with Crippen molar-refractivity contribution in [3.05, 3.63) is 77.9 Å².